The molecule has 4 nitrogen and oxygen atoms in total. The molecule has 1 heterocycles. The minimum Gasteiger partial charge on any atom is -0.462 e. The normalized spacial score (nSPS) is 17.2. The molecule has 0 aliphatic heterocycles. The van der Waals surface area contributed by atoms with Gasteiger partial charge in [-0.3, -0.25) is 4.68 Å². The Morgan fingerprint density at radius 2 is 2.00 bits per heavy atom. The van der Waals surface area contributed by atoms with Crippen molar-refractivity contribution in [1.82, 2.24) is 9.78 Å². The van der Waals surface area contributed by atoms with Gasteiger partial charge in [-0.05, 0) is 25.7 Å². The van der Waals surface area contributed by atoms with Crippen molar-refractivity contribution in [3.05, 3.63) is 17.5 Å². The number of rotatable bonds is 4. The predicted molar refractivity (Wildman–Crippen MR) is 79.0 cm³/mol. The van der Waals surface area contributed by atoms with Gasteiger partial charge in [-0.1, -0.05) is 39.5 Å². The van der Waals surface area contributed by atoms with Gasteiger partial charge in [-0.2, -0.15) is 5.10 Å². The summed E-state index contributed by atoms with van der Waals surface area (Å²) in [6.07, 6.45) is 9.19. The van der Waals surface area contributed by atoms with E-state index >= 15 is 0 Å². The number of aromatic nitrogens is 2. The smallest absolute Gasteiger partial charge is 0.341 e. The number of hydrogen-bond donors (Lipinski definition) is 0. The fourth-order valence-corrected chi connectivity index (χ4v) is 3.11. The monoisotopic (exact) mass is 278 g/mol. The second-order valence-corrected chi connectivity index (χ2v) is 5.91. The molecule has 0 spiro atoms. The minimum atomic E-state index is -0.240. The molecule has 0 N–H and O–H groups in total. The number of carbonyl (C=O) groups is 1. The Hall–Kier alpha value is -1.32. The summed E-state index contributed by atoms with van der Waals surface area (Å²) < 4.78 is 7.25. The van der Waals surface area contributed by atoms with E-state index in [1.807, 2.05) is 6.92 Å². The van der Waals surface area contributed by atoms with Crippen LogP contribution in [-0.4, -0.2) is 22.4 Å². The topological polar surface area (TPSA) is 44.1 Å². The average Bonchev–Trinajstić information content (AvgIpc) is 2.68. The molecule has 4 heteroatoms. The van der Waals surface area contributed by atoms with E-state index in [2.05, 4.69) is 23.6 Å². The highest BCUT2D eigenvalue weighted by atomic mass is 16.5. The molecule has 0 amide bonds. The highest BCUT2D eigenvalue weighted by Gasteiger charge is 2.25. The molecule has 0 radical (unpaired) electrons. The predicted octanol–water partition coefficient (Wildman–Crippen LogP) is 4.08. The summed E-state index contributed by atoms with van der Waals surface area (Å²) in [7, 11) is 0. The fraction of sp³-hybridized carbons (Fsp3) is 0.750. The first-order valence-corrected chi connectivity index (χ1v) is 7.89. The van der Waals surface area contributed by atoms with Crippen molar-refractivity contribution < 1.29 is 9.53 Å². The standard InChI is InChI=1S/C16H26N2O2/c1-4-20-16(19)14-11-17-18(15(14)12(2)3)13-9-7-5-6-8-10-13/h11-13H,4-10H2,1-3H3. The van der Waals surface area contributed by atoms with Gasteiger partial charge in [0.15, 0.2) is 0 Å². The summed E-state index contributed by atoms with van der Waals surface area (Å²) in [5.74, 6) is 0.0382. The Morgan fingerprint density at radius 1 is 1.35 bits per heavy atom. The van der Waals surface area contributed by atoms with Crippen molar-refractivity contribution in [2.75, 3.05) is 6.61 Å². The third kappa shape index (κ3) is 3.22. The van der Waals surface area contributed by atoms with Crippen molar-refractivity contribution in [2.24, 2.45) is 0 Å². The second-order valence-electron chi connectivity index (χ2n) is 5.91. The summed E-state index contributed by atoms with van der Waals surface area (Å²) in [5, 5.41) is 4.52. The van der Waals surface area contributed by atoms with Crippen LogP contribution in [0.5, 0.6) is 0 Å². The van der Waals surface area contributed by atoms with E-state index in [1.165, 1.54) is 38.5 Å². The van der Waals surface area contributed by atoms with Crippen LogP contribution in [-0.2, 0) is 4.74 Å². The van der Waals surface area contributed by atoms with Crippen LogP contribution in [0.3, 0.4) is 0 Å². The van der Waals surface area contributed by atoms with Crippen molar-refractivity contribution >= 4 is 5.97 Å². The van der Waals surface area contributed by atoms with E-state index in [9.17, 15) is 4.79 Å². The highest BCUT2D eigenvalue weighted by Crippen LogP contribution is 2.31. The van der Waals surface area contributed by atoms with Crippen LogP contribution in [0.15, 0.2) is 6.20 Å². The van der Waals surface area contributed by atoms with E-state index in [4.69, 9.17) is 4.74 Å². The Balaban J connectivity index is 2.30. The Labute approximate surface area is 121 Å². The SMILES string of the molecule is CCOC(=O)c1cnn(C2CCCCCC2)c1C(C)C. The zero-order chi connectivity index (χ0) is 14.5. The maximum atomic E-state index is 12.1. The molecule has 1 aliphatic rings. The fourth-order valence-electron chi connectivity index (χ4n) is 3.11. The molecule has 20 heavy (non-hydrogen) atoms. The van der Waals surface area contributed by atoms with Gasteiger partial charge in [0.1, 0.15) is 5.56 Å². The summed E-state index contributed by atoms with van der Waals surface area (Å²) >= 11 is 0. The maximum Gasteiger partial charge on any atom is 0.341 e. The average molecular weight is 278 g/mol. The molecule has 0 saturated heterocycles. The first-order valence-electron chi connectivity index (χ1n) is 7.89. The van der Waals surface area contributed by atoms with E-state index < -0.39 is 0 Å². The number of hydrogen-bond acceptors (Lipinski definition) is 3. The molecule has 2 rings (SSSR count). The molecule has 1 aromatic heterocycles. The van der Waals surface area contributed by atoms with Crippen LogP contribution in [0.1, 0.15) is 87.3 Å². The number of nitrogens with zero attached hydrogens (tertiary/aromatic N) is 2. The lowest BCUT2D eigenvalue weighted by Crippen LogP contribution is -2.16. The molecule has 0 bridgehead atoms. The molecular weight excluding hydrogens is 252 g/mol. The van der Waals surface area contributed by atoms with Gasteiger partial charge >= 0.3 is 5.97 Å². The van der Waals surface area contributed by atoms with Gasteiger partial charge in [0.05, 0.1) is 24.5 Å². The Bertz CT molecular complexity index is 443. The van der Waals surface area contributed by atoms with Gasteiger partial charge in [0.25, 0.3) is 0 Å². The Morgan fingerprint density at radius 3 is 2.55 bits per heavy atom. The van der Waals surface area contributed by atoms with Crippen molar-refractivity contribution in [1.29, 1.82) is 0 Å². The largest absolute Gasteiger partial charge is 0.462 e. The molecule has 0 unspecified atom stereocenters. The lowest BCUT2D eigenvalue weighted by atomic mass is 10.0. The van der Waals surface area contributed by atoms with E-state index in [1.54, 1.807) is 6.20 Å². The number of esters is 1. The summed E-state index contributed by atoms with van der Waals surface area (Å²) in [4.78, 5) is 12.1. The maximum absolute atomic E-state index is 12.1. The lowest BCUT2D eigenvalue weighted by molar-refractivity contribution is 0.0524. The zero-order valence-corrected chi connectivity index (χ0v) is 12.9. The molecule has 1 saturated carbocycles. The van der Waals surface area contributed by atoms with Crippen LogP contribution in [0.4, 0.5) is 0 Å². The third-order valence-electron chi connectivity index (χ3n) is 4.05. The molecule has 1 fully saturated rings. The van der Waals surface area contributed by atoms with Crippen molar-refractivity contribution in [2.45, 2.75) is 71.3 Å². The molecule has 112 valence electrons. The molecule has 1 aliphatic carbocycles. The van der Waals surface area contributed by atoms with Crippen LogP contribution in [0.2, 0.25) is 0 Å². The number of ether oxygens (including phenoxy) is 1. The van der Waals surface area contributed by atoms with E-state index in [0.29, 0.717) is 18.2 Å². The van der Waals surface area contributed by atoms with E-state index in [0.717, 1.165) is 5.69 Å². The first-order chi connectivity index (χ1) is 9.65. The lowest BCUT2D eigenvalue weighted by Gasteiger charge is -2.20. The Kier molecular flexibility index (Phi) is 5.21. The van der Waals surface area contributed by atoms with Crippen LogP contribution in [0.25, 0.3) is 0 Å². The van der Waals surface area contributed by atoms with Crippen LogP contribution >= 0.6 is 0 Å². The summed E-state index contributed by atoms with van der Waals surface area (Å²) in [5.41, 5.74) is 1.68. The molecule has 1 aromatic rings. The molecule has 0 aromatic carbocycles. The van der Waals surface area contributed by atoms with Gasteiger partial charge in [0, 0.05) is 0 Å². The van der Waals surface area contributed by atoms with Crippen LogP contribution < -0.4 is 0 Å². The van der Waals surface area contributed by atoms with Crippen LogP contribution in [0, 0.1) is 0 Å². The van der Waals surface area contributed by atoms with Crippen molar-refractivity contribution in [3.8, 4) is 0 Å². The highest BCUT2D eigenvalue weighted by molar-refractivity contribution is 5.90. The first kappa shape index (κ1) is 15.1. The van der Waals surface area contributed by atoms with Gasteiger partial charge < -0.3 is 4.74 Å². The quantitative estimate of drug-likeness (QED) is 0.615. The van der Waals surface area contributed by atoms with Gasteiger partial charge in [0.2, 0.25) is 0 Å². The number of carbonyl (C=O) groups excluding carboxylic acids is 1. The van der Waals surface area contributed by atoms with Gasteiger partial charge in [-0.15, -0.1) is 0 Å². The molecular formula is C16H26N2O2. The van der Waals surface area contributed by atoms with Gasteiger partial charge in [-0.25, -0.2) is 4.79 Å². The summed E-state index contributed by atoms with van der Waals surface area (Å²) in [6.45, 7) is 6.48. The minimum absolute atomic E-state index is 0.240. The van der Waals surface area contributed by atoms with Crippen molar-refractivity contribution in [3.63, 3.8) is 0 Å². The third-order valence-corrected chi connectivity index (χ3v) is 4.05. The van der Waals surface area contributed by atoms with E-state index in [-0.39, 0.29) is 11.9 Å². The zero-order valence-electron chi connectivity index (χ0n) is 12.9. The second kappa shape index (κ2) is 6.91. The summed E-state index contributed by atoms with van der Waals surface area (Å²) in [6, 6.07) is 0.443. The molecule has 0 atom stereocenters.